The molecule has 7 nitrogen and oxygen atoms in total. The zero-order chi connectivity index (χ0) is 24.1. The summed E-state index contributed by atoms with van der Waals surface area (Å²) in [5.41, 5.74) is 0.413. The van der Waals surface area contributed by atoms with Gasteiger partial charge in [0.1, 0.15) is 11.5 Å². The molecule has 0 bridgehead atoms. The third kappa shape index (κ3) is 6.13. The van der Waals surface area contributed by atoms with E-state index in [0.29, 0.717) is 17.9 Å². The van der Waals surface area contributed by atoms with E-state index in [2.05, 4.69) is 4.98 Å². The molecule has 0 saturated heterocycles. The average Bonchev–Trinajstić information content (AvgIpc) is 3.16. The number of aromatic nitrogens is 1. The number of carboxylic acids is 1. The molecule has 1 aliphatic rings. The van der Waals surface area contributed by atoms with Crippen LogP contribution in [0.3, 0.4) is 0 Å². The van der Waals surface area contributed by atoms with Crippen molar-refractivity contribution in [3.63, 3.8) is 0 Å². The summed E-state index contributed by atoms with van der Waals surface area (Å²) in [5.74, 6) is -4.77. The molecule has 0 spiro atoms. The minimum atomic E-state index is -1.53. The molecule has 33 heavy (non-hydrogen) atoms. The molecule has 10 heteroatoms. The quantitative estimate of drug-likeness (QED) is 0.502. The van der Waals surface area contributed by atoms with Gasteiger partial charge in [-0.15, -0.1) is 0 Å². The van der Waals surface area contributed by atoms with Crippen LogP contribution in [0, 0.1) is 31.3 Å². The predicted molar refractivity (Wildman–Crippen MR) is 111 cm³/mol. The first-order chi connectivity index (χ1) is 15.7. The van der Waals surface area contributed by atoms with E-state index in [-0.39, 0.29) is 49.0 Å². The molecule has 1 fully saturated rings. The molecule has 1 aromatic carbocycles. The maximum absolute atomic E-state index is 13.9. The lowest BCUT2D eigenvalue weighted by Gasteiger charge is -2.29. The van der Waals surface area contributed by atoms with Crippen LogP contribution in [0.5, 0.6) is 0 Å². The van der Waals surface area contributed by atoms with E-state index in [4.69, 9.17) is 23.7 Å². The Morgan fingerprint density at radius 1 is 1.21 bits per heavy atom. The van der Waals surface area contributed by atoms with Gasteiger partial charge in [-0.3, -0.25) is 0 Å². The van der Waals surface area contributed by atoms with Gasteiger partial charge in [0, 0.05) is 17.7 Å². The number of aliphatic carboxylic acids is 1. The second kappa shape index (κ2) is 11.1. The van der Waals surface area contributed by atoms with E-state index in [1.807, 2.05) is 0 Å². The molecule has 1 aliphatic carbocycles. The Labute approximate surface area is 189 Å². The highest BCUT2D eigenvalue weighted by Gasteiger charge is 2.27. The molecule has 0 radical (unpaired) electrons. The first-order valence-corrected chi connectivity index (χ1v) is 10.9. The lowest BCUT2D eigenvalue weighted by Crippen LogP contribution is -2.34. The number of ether oxygens (including phenoxy) is 3. The van der Waals surface area contributed by atoms with Crippen molar-refractivity contribution >= 4 is 5.97 Å². The summed E-state index contributed by atoms with van der Waals surface area (Å²) in [5, 5.41) is 9.16. The molecule has 2 aromatic rings. The first-order valence-electron chi connectivity index (χ1n) is 10.9. The predicted octanol–water partition coefficient (Wildman–Crippen LogP) is 4.71. The van der Waals surface area contributed by atoms with Crippen LogP contribution in [0.15, 0.2) is 10.5 Å². The van der Waals surface area contributed by atoms with Crippen LogP contribution in [0.2, 0.25) is 0 Å². The number of hydrogen-bond donors (Lipinski definition) is 1. The van der Waals surface area contributed by atoms with Crippen LogP contribution < -0.4 is 0 Å². The number of nitrogens with zero attached hydrogens (tertiary/aromatic N) is 1. The van der Waals surface area contributed by atoms with Crippen molar-refractivity contribution in [2.75, 3.05) is 13.2 Å². The lowest BCUT2D eigenvalue weighted by atomic mass is 9.95. The van der Waals surface area contributed by atoms with E-state index in [0.717, 1.165) is 25.3 Å². The highest BCUT2D eigenvalue weighted by Crippen LogP contribution is 2.30. The van der Waals surface area contributed by atoms with Crippen molar-refractivity contribution in [1.29, 1.82) is 0 Å². The van der Waals surface area contributed by atoms with Crippen LogP contribution in [-0.2, 0) is 25.6 Å². The molecule has 3 rings (SSSR count). The standard InChI is InChI=1S/C23H28F3NO6/c1-4-30-19(23(28)29)11-32-15-7-5-6-14(8-15)31-10-18-13(3)33-22(27-18)16-9-17(24)21(26)20(25)12(16)2/h9,14-15,19H,4-8,10-11H2,1-3H3,(H,28,29)/t14-,15+,19?/m0/s1. The maximum Gasteiger partial charge on any atom is 0.335 e. The smallest absolute Gasteiger partial charge is 0.335 e. The van der Waals surface area contributed by atoms with Gasteiger partial charge in [-0.1, -0.05) is 0 Å². The van der Waals surface area contributed by atoms with Crippen molar-refractivity contribution < 1.29 is 41.7 Å². The minimum Gasteiger partial charge on any atom is -0.479 e. The molecule has 1 aromatic heterocycles. The zero-order valence-electron chi connectivity index (χ0n) is 18.8. The molecule has 3 atom stereocenters. The molecule has 1 unspecified atom stereocenters. The summed E-state index contributed by atoms with van der Waals surface area (Å²) in [7, 11) is 0. The minimum absolute atomic E-state index is 0.0121. The largest absolute Gasteiger partial charge is 0.479 e. The number of halogens is 3. The summed E-state index contributed by atoms with van der Waals surface area (Å²) in [6.45, 7) is 5.08. The SMILES string of the molecule is CCOC(CO[C@@H]1CCC[C@H](OCc2nc(-c3cc(F)c(F)c(F)c3C)oc2C)C1)C(=O)O. The van der Waals surface area contributed by atoms with Crippen LogP contribution in [-0.4, -0.2) is 47.6 Å². The molecule has 1 saturated carbocycles. The van der Waals surface area contributed by atoms with Gasteiger partial charge in [-0.25, -0.2) is 22.9 Å². The van der Waals surface area contributed by atoms with Crippen molar-refractivity contribution in [2.24, 2.45) is 0 Å². The molecule has 1 heterocycles. The van der Waals surface area contributed by atoms with Gasteiger partial charge in [0.15, 0.2) is 23.6 Å². The van der Waals surface area contributed by atoms with Gasteiger partial charge in [0.25, 0.3) is 0 Å². The number of carbonyl (C=O) groups is 1. The van der Waals surface area contributed by atoms with E-state index in [1.54, 1.807) is 13.8 Å². The van der Waals surface area contributed by atoms with Crippen LogP contribution in [0.4, 0.5) is 13.2 Å². The normalized spacial score (nSPS) is 19.6. The van der Waals surface area contributed by atoms with Crippen LogP contribution in [0.1, 0.15) is 49.6 Å². The van der Waals surface area contributed by atoms with Crippen molar-refractivity contribution in [3.05, 3.63) is 40.5 Å². The zero-order valence-corrected chi connectivity index (χ0v) is 18.8. The molecule has 0 amide bonds. The summed E-state index contributed by atoms with van der Waals surface area (Å²) in [6, 6.07) is 0.860. The topological polar surface area (TPSA) is 91.0 Å². The Kier molecular flexibility index (Phi) is 8.50. The second-order valence-corrected chi connectivity index (χ2v) is 8.02. The molecular weight excluding hydrogens is 443 g/mol. The monoisotopic (exact) mass is 471 g/mol. The third-order valence-corrected chi connectivity index (χ3v) is 5.69. The lowest BCUT2D eigenvalue weighted by molar-refractivity contribution is -0.157. The fourth-order valence-corrected chi connectivity index (χ4v) is 3.80. The van der Waals surface area contributed by atoms with E-state index in [9.17, 15) is 18.0 Å². The fourth-order valence-electron chi connectivity index (χ4n) is 3.80. The highest BCUT2D eigenvalue weighted by atomic mass is 19.2. The molecular formula is C23H28F3NO6. The fraction of sp³-hybridized carbons (Fsp3) is 0.565. The van der Waals surface area contributed by atoms with Gasteiger partial charge in [0.05, 0.1) is 25.4 Å². The molecule has 0 aliphatic heterocycles. The van der Waals surface area contributed by atoms with E-state index >= 15 is 0 Å². The van der Waals surface area contributed by atoms with Crippen LogP contribution in [0.25, 0.3) is 11.5 Å². The average molecular weight is 471 g/mol. The number of aryl methyl sites for hydroxylation is 1. The van der Waals surface area contributed by atoms with Crippen molar-refractivity contribution in [1.82, 2.24) is 4.98 Å². The van der Waals surface area contributed by atoms with Gasteiger partial charge < -0.3 is 23.7 Å². The molecule has 182 valence electrons. The summed E-state index contributed by atoms with van der Waals surface area (Å²) >= 11 is 0. The summed E-state index contributed by atoms with van der Waals surface area (Å²) in [4.78, 5) is 15.5. The van der Waals surface area contributed by atoms with Crippen LogP contribution >= 0.6 is 0 Å². The van der Waals surface area contributed by atoms with Gasteiger partial charge >= 0.3 is 5.97 Å². The van der Waals surface area contributed by atoms with E-state index in [1.165, 1.54) is 6.92 Å². The summed E-state index contributed by atoms with van der Waals surface area (Å²) < 4.78 is 63.5. The Morgan fingerprint density at radius 3 is 2.58 bits per heavy atom. The number of rotatable bonds is 10. The second-order valence-electron chi connectivity index (χ2n) is 8.02. The Bertz CT molecular complexity index is 980. The Morgan fingerprint density at radius 2 is 1.91 bits per heavy atom. The van der Waals surface area contributed by atoms with Crippen molar-refractivity contribution in [2.45, 2.75) is 71.4 Å². The van der Waals surface area contributed by atoms with E-state index < -0.39 is 29.5 Å². The maximum atomic E-state index is 13.9. The van der Waals surface area contributed by atoms with Gasteiger partial charge in [0.2, 0.25) is 5.89 Å². The third-order valence-electron chi connectivity index (χ3n) is 5.69. The molecule has 1 N–H and O–H groups in total. The Hall–Kier alpha value is -2.43. The highest BCUT2D eigenvalue weighted by molar-refractivity contribution is 5.72. The number of oxazole rings is 1. The number of hydrogen-bond acceptors (Lipinski definition) is 6. The Balaban J connectivity index is 1.59. The number of carboxylic acid groups (broad SMARTS) is 1. The summed E-state index contributed by atoms with van der Waals surface area (Å²) in [6.07, 6.45) is 1.79. The van der Waals surface area contributed by atoms with Gasteiger partial charge in [-0.05, 0) is 52.5 Å². The van der Waals surface area contributed by atoms with Crippen molar-refractivity contribution in [3.8, 4) is 11.5 Å². The first kappa shape index (κ1) is 25.2. The number of benzene rings is 1. The van der Waals surface area contributed by atoms with Gasteiger partial charge in [-0.2, -0.15) is 0 Å².